The summed E-state index contributed by atoms with van der Waals surface area (Å²) in [7, 11) is 0. The molecule has 0 spiro atoms. The Labute approximate surface area is 171 Å². The van der Waals surface area contributed by atoms with Gasteiger partial charge in [-0.05, 0) is 48.3 Å². The molecule has 0 aliphatic carbocycles. The van der Waals surface area contributed by atoms with Crippen molar-refractivity contribution in [3.05, 3.63) is 39.2 Å². The molecule has 152 valence electrons. The molecule has 0 saturated heterocycles. The van der Waals surface area contributed by atoms with Gasteiger partial charge in [-0.2, -0.15) is 0 Å². The second-order valence-corrected chi connectivity index (χ2v) is 8.99. The molecule has 2 aliphatic heterocycles. The molecule has 1 aromatic heterocycles. The molecule has 0 radical (unpaired) electrons. The average molecular weight is 406 g/mol. The topological polar surface area (TPSA) is 59.8 Å². The summed E-state index contributed by atoms with van der Waals surface area (Å²) in [5, 5.41) is 0.802. The lowest BCUT2D eigenvalue weighted by Gasteiger charge is -2.48. The molecule has 5 nitrogen and oxygen atoms in total. The Bertz CT molecular complexity index is 1000. The van der Waals surface area contributed by atoms with Crippen LogP contribution in [-0.4, -0.2) is 25.7 Å². The van der Waals surface area contributed by atoms with Crippen LogP contribution >= 0.6 is 12.4 Å². The van der Waals surface area contributed by atoms with Gasteiger partial charge in [-0.3, -0.25) is 0 Å². The maximum atomic E-state index is 12.5. The van der Waals surface area contributed by atoms with Gasteiger partial charge in [0.1, 0.15) is 11.1 Å². The Hall–Kier alpha value is -2.01. The monoisotopic (exact) mass is 405 g/mol. The summed E-state index contributed by atoms with van der Waals surface area (Å²) < 4.78 is 10.8. The molecule has 0 atom stereocenters. The Balaban J connectivity index is 0.00000225. The lowest BCUT2D eigenvalue weighted by molar-refractivity contribution is 0.0522. The van der Waals surface area contributed by atoms with Crippen molar-refractivity contribution in [2.75, 3.05) is 24.6 Å². The third-order valence-corrected chi connectivity index (χ3v) is 6.23. The third-order valence-electron chi connectivity index (χ3n) is 6.23. The molecular formula is C22H28ClNO4. The summed E-state index contributed by atoms with van der Waals surface area (Å²) >= 11 is 0. The molecule has 0 amide bonds. The lowest BCUT2D eigenvalue weighted by Crippen LogP contribution is -2.44. The summed E-state index contributed by atoms with van der Waals surface area (Å²) in [6, 6.07) is 3.75. The van der Waals surface area contributed by atoms with Crippen LogP contribution in [0.5, 0.6) is 0 Å². The second kappa shape index (κ2) is 6.80. The van der Waals surface area contributed by atoms with Crippen LogP contribution in [0.3, 0.4) is 0 Å². The minimum atomic E-state index is -0.625. The molecule has 6 heteroatoms. The number of nitrogens with zero attached hydrogens (tertiary/aromatic N) is 1. The van der Waals surface area contributed by atoms with Crippen LogP contribution in [0.15, 0.2) is 21.3 Å². The van der Waals surface area contributed by atoms with Crippen LogP contribution in [0.25, 0.3) is 11.0 Å². The standard InChI is InChI=1S/C22H27NO4.ClH/c1-6-26-19(24)14-11-13-12-15-17-16(18(13)27-20(14)25)22(4,5)8-10-23(17)9-7-21(15,2)3;/h11-12H,6-10H2,1-5H3;1H. The van der Waals surface area contributed by atoms with E-state index in [1.807, 2.05) is 0 Å². The van der Waals surface area contributed by atoms with E-state index in [-0.39, 0.29) is 35.4 Å². The van der Waals surface area contributed by atoms with E-state index >= 15 is 0 Å². The van der Waals surface area contributed by atoms with E-state index in [1.54, 1.807) is 13.0 Å². The summed E-state index contributed by atoms with van der Waals surface area (Å²) in [6.45, 7) is 12.9. The maximum absolute atomic E-state index is 12.5. The van der Waals surface area contributed by atoms with Crippen molar-refractivity contribution in [1.29, 1.82) is 0 Å². The summed E-state index contributed by atoms with van der Waals surface area (Å²) in [6.07, 6.45) is 2.08. The van der Waals surface area contributed by atoms with Gasteiger partial charge in [-0.25, -0.2) is 9.59 Å². The van der Waals surface area contributed by atoms with Gasteiger partial charge in [0, 0.05) is 29.7 Å². The number of carbonyl (C=O) groups excluding carboxylic acids is 1. The normalized spacial score (nSPS) is 19.0. The van der Waals surface area contributed by atoms with Crippen LogP contribution in [-0.2, 0) is 15.6 Å². The number of benzene rings is 1. The van der Waals surface area contributed by atoms with Crippen molar-refractivity contribution in [3.63, 3.8) is 0 Å². The van der Waals surface area contributed by atoms with Crippen molar-refractivity contribution in [2.24, 2.45) is 0 Å². The molecule has 4 rings (SSSR count). The van der Waals surface area contributed by atoms with Gasteiger partial charge in [0.05, 0.1) is 6.61 Å². The Morgan fingerprint density at radius 1 is 1.14 bits per heavy atom. The van der Waals surface area contributed by atoms with E-state index in [2.05, 4.69) is 38.7 Å². The maximum Gasteiger partial charge on any atom is 0.351 e. The SMILES string of the molecule is CCOC(=O)c1cc2cc3c4c(c2oc1=O)C(C)(C)CCN4CCC3(C)C.Cl. The minimum absolute atomic E-state index is 0. The number of halogens is 1. The highest BCUT2D eigenvalue weighted by atomic mass is 35.5. The van der Waals surface area contributed by atoms with Gasteiger partial charge < -0.3 is 14.1 Å². The van der Waals surface area contributed by atoms with Crippen LogP contribution in [0, 0.1) is 0 Å². The summed E-state index contributed by atoms with van der Waals surface area (Å²) in [5.41, 5.74) is 3.48. The van der Waals surface area contributed by atoms with Gasteiger partial charge in [0.15, 0.2) is 0 Å². The first-order valence-corrected chi connectivity index (χ1v) is 9.73. The van der Waals surface area contributed by atoms with E-state index in [9.17, 15) is 9.59 Å². The molecule has 1 aromatic carbocycles. The zero-order valence-corrected chi connectivity index (χ0v) is 18.0. The Morgan fingerprint density at radius 3 is 2.43 bits per heavy atom. The fraction of sp³-hybridized carbons (Fsp3) is 0.545. The van der Waals surface area contributed by atoms with Gasteiger partial charge >= 0.3 is 11.6 Å². The molecule has 3 heterocycles. The quantitative estimate of drug-likeness (QED) is 0.541. The van der Waals surface area contributed by atoms with E-state index in [4.69, 9.17) is 9.15 Å². The fourth-order valence-electron chi connectivity index (χ4n) is 4.50. The lowest BCUT2D eigenvalue weighted by atomic mass is 9.69. The molecule has 2 aliphatic rings. The van der Waals surface area contributed by atoms with Crippen molar-refractivity contribution < 1.29 is 13.9 Å². The first-order valence-electron chi connectivity index (χ1n) is 9.73. The predicted molar refractivity (Wildman–Crippen MR) is 113 cm³/mol. The van der Waals surface area contributed by atoms with Crippen molar-refractivity contribution in [3.8, 4) is 0 Å². The van der Waals surface area contributed by atoms with E-state index in [0.717, 1.165) is 36.9 Å². The summed E-state index contributed by atoms with van der Waals surface area (Å²) in [5.74, 6) is -0.625. The van der Waals surface area contributed by atoms with Gasteiger partial charge in [-0.15, -0.1) is 12.4 Å². The summed E-state index contributed by atoms with van der Waals surface area (Å²) in [4.78, 5) is 27.2. The number of hydrogen-bond donors (Lipinski definition) is 0. The van der Waals surface area contributed by atoms with Crippen molar-refractivity contribution in [1.82, 2.24) is 0 Å². The van der Waals surface area contributed by atoms with E-state index in [1.165, 1.54) is 11.3 Å². The Kier molecular flexibility index (Phi) is 5.03. The highest BCUT2D eigenvalue weighted by Gasteiger charge is 2.42. The molecule has 28 heavy (non-hydrogen) atoms. The van der Waals surface area contributed by atoms with Crippen LogP contribution in [0.1, 0.15) is 68.9 Å². The van der Waals surface area contributed by atoms with Gasteiger partial charge in [0.25, 0.3) is 0 Å². The number of anilines is 1. The van der Waals surface area contributed by atoms with Crippen molar-refractivity contribution in [2.45, 2.75) is 58.3 Å². The van der Waals surface area contributed by atoms with Crippen LogP contribution in [0.2, 0.25) is 0 Å². The highest BCUT2D eigenvalue weighted by Crippen LogP contribution is 2.51. The number of rotatable bonds is 2. The Morgan fingerprint density at radius 2 is 1.79 bits per heavy atom. The van der Waals surface area contributed by atoms with Gasteiger partial charge in [0.2, 0.25) is 0 Å². The molecule has 0 unspecified atom stereocenters. The molecule has 0 fully saturated rings. The molecule has 0 saturated carbocycles. The van der Waals surface area contributed by atoms with E-state index in [0.29, 0.717) is 5.58 Å². The average Bonchev–Trinajstić information content (AvgIpc) is 2.58. The zero-order valence-electron chi connectivity index (χ0n) is 17.2. The molecule has 0 bridgehead atoms. The van der Waals surface area contributed by atoms with Crippen LogP contribution < -0.4 is 10.5 Å². The number of ether oxygens (including phenoxy) is 1. The van der Waals surface area contributed by atoms with E-state index < -0.39 is 11.6 Å². The predicted octanol–water partition coefficient (Wildman–Crippen LogP) is 4.56. The molecule has 2 aromatic rings. The van der Waals surface area contributed by atoms with Gasteiger partial charge in [-0.1, -0.05) is 27.7 Å². The first-order chi connectivity index (χ1) is 12.7. The zero-order chi connectivity index (χ0) is 19.6. The number of hydrogen-bond acceptors (Lipinski definition) is 5. The smallest absolute Gasteiger partial charge is 0.351 e. The minimum Gasteiger partial charge on any atom is -0.462 e. The van der Waals surface area contributed by atoms with Crippen molar-refractivity contribution >= 4 is 35.0 Å². The number of carbonyl (C=O) groups is 1. The first kappa shape index (κ1) is 20.7. The second-order valence-electron chi connectivity index (χ2n) is 8.99. The number of esters is 1. The molecule has 0 N–H and O–H groups in total. The van der Waals surface area contributed by atoms with Crippen LogP contribution in [0.4, 0.5) is 5.69 Å². The highest BCUT2D eigenvalue weighted by molar-refractivity contribution is 5.96. The molecular weight excluding hydrogens is 378 g/mol. The largest absolute Gasteiger partial charge is 0.462 e. The fourth-order valence-corrected chi connectivity index (χ4v) is 4.50. The third kappa shape index (κ3) is 3.00. The number of fused-ring (bicyclic) bond motifs is 2.